The van der Waals surface area contributed by atoms with Crippen molar-refractivity contribution in [1.82, 2.24) is 10.2 Å². The third kappa shape index (κ3) is 4.35. The number of amides is 4. The number of ether oxygens (including phenoxy) is 1. The van der Waals surface area contributed by atoms with E-state index in [1.54, 1.807) is 24.3 Å². The van der Waals surface area contributed by atoms with Crippen LogP contribution in [0.25, 0.3) is 0 Å². The van der Waals surface area contributed by atoms with Crippen LogP contribution in [0.15, 0.2) is 42.5 Å². The van der Waals surface area contributed by atoms with E-state index < -0.39 is 23.7 Å². The lowest BCUT2D eigenvalue weighted by Gasteiger charge is -2.08. The van der Waals surface area contributed by atoms with Gasteiger partial charge in [-0.15, -0.1) is 0 Å². The third-order valence-electron chi connectivity index (χ3n) is 4.59. The summed E-state index contributed by atoms with van der Waals surface area (Å²) in [6, 6.07) is 11.0. The molecule has 0 spiro atoms. The molecule has 4 amide bonds. The molecule has 1 heterocycles. The first-order valence-corrected chi connectivity index (χ1v) is 9.00. The van der Waals surface area contributed by atoms with Gasteiger partial charge in [0.2, 0.25) is 5.91 Å². The highest BCUT2D eigenvalue weighted by Gasteiger charge is 2.33. The second-order valence-corrected chi connectivity index (χ2v) is 6.61. The van der Waals surface area contributed by atoms with Gasteiger partial charge in [-0.25, -0.2) is 0 Å². The Bertz CT molecular complexity index is 1050. The SMILES string of the molecule is COC(=O)CNC(=O)Cc1ccc(NC(=O)c2ccc3c(c2)C(=O)N(C)C3=O)cc1. The average Bonchev–Trinajstić information content (AvgIpc) is 2.97. The quantitative estimate of drug-likeness (QED) is 0.542. The van der Waals surface area contributed by atoms with Crippen LogP contribution in [0.4, 0.5) is 5.69 Å². The molecule has 1 aliphatic rings. The first-order chi connectivity index (χ1) is 14.3. The van der Waals surface area contributed by atoms with Crippen molar-refractivity contribution >= 4 is 35.3 Å². The third-order valence-corrected chi connectivity index (χ3v) is 4.59. The van der Waals surface area contributed by atoms with E-state index in [9.17, 15) is 24.0 Å². The Balaban J connectivity index is 1.62. The minimum Gasteiger partial charge on any atom is -0.468 e. The summed E-state index contributed by atoms with van der Waals surface area (Å²) in [5, 5.41) is 5.15. The predicted octanol–water partition coefficient (Wildman–Crippen LogP) is 0.996. The monoisotopic (exact) mass is 409 g/mol. The maximum absolute atomic E-state index is 12.5. The van der Waals surface area contributed by atoms with Gasteiger partial charge < -0.3 is 15.4 Å². The molecule has 0 bridgehead atoms. The number of nitrogens with one attached hydrogen (secondary N) is 2. The number of carbonyl (C=O) groups excluding carboxylic acids is 5. The zero-order valence-corrected chi connectivity index (χ0v) is 16.4. The van der Waals surface area contributed by atoms with Crippen LogP contribution >= 0.6 is 0 Å². The molecule has 3 rings (SSSR count). The minimum absolute atomic E-state index is 0.0691. The molecular formula is C21H19N3O6. The van der Waals surface area contributed by atoms with E-state index in [0.29, 0.717) is 11.3 Å². The molecule has 0 aliphatic carbocycles. The van der Waals surface area contributed by atoms with Gasteiger partial charge in [0, 0.05) is 18.3 Å². The van der Waals surface area contributed by atoms with Crippen molar-refractivity contribution in [2.24, 2.45) is 0 Å². The number of nitrogens with zero attached hydrogens (tertiary/aromatic N) is 1. The summed E-state index contributed by atoms with van der Waals surface area (Å²) in [6.45, 7) is -0.200. The average molecular weight is 409 g/mol. The van der Waals surface area contributed by atoms with Crippen LogP contribution in [0, 0.1) is 0 Å². The van der Waals surface area contributed by atoms with Gasteiger partial charge >= 0.3 is 5.97 Å². The first kappa shape index (κ1) is 20.7. The summed E-state index contributed by atoms with van der Waals surface area (Å²) in [5.74, 6) is -2.14. The molecule has 9 heteroatoms. The number of benzene rings is 2. The maximum atomic E-state index is 12.5. The molecule has 0 saturated heterocycles. The molecular weight excluding hydrogens is 390 g/mol. The Morgan fingerprint density at radius 1 is 0.967 bits per heavy atom. The lowest BCUT2D eigenvalue weighted by atomic mass is 10.1. The number of methoxy groups -OCH3 is 1. The van der Waals surface area contributed by atoms with E-state index in [2.05, 4.69) is 15.4 Å². The highest BCUT2D eigenvalue weighted by atomic mass is 16.5. The van der Waals surface area contributed by atoms with Gasteiger partial charge in [-0.3, -0.25) is 28.9 Å². The van der Waals surface area contributed by atoms with Crippen LogP contribution in [0.1, 0.15) is 36.6 Å². The molecule has 2 aromatic rings. The summed E-state index contributed by atoms with van der Waals surface area (Å²) < 4.78 is 4.45. The molecule has 0 unspecified atom stereocenters. The Morgan fingerprint density at radius 2 is 1.63 bits per heavy atom. The Labute approximate surface area is 172 Å². The standard InChI is InChI=1S/C21H19N3O6/c1-24-20(28)15-8-5-13(10-16(15)21(24)29)19(27)23-14-6-3-12(4-7-14)9-17(25)22-11-18(26)30-2/h3-8,10H,9,11H2,1-2H3,(H,22,25)(H,23,27). The minimum atomic E-state index is -0.536. The molecule has 1 aliphatic heterocycles. The molecule has 0 fully saturated rings. The van der Waals surface area contributed by atoms with E-state index in [-0.39, 0.29) is 35.6 Å². The second kappa shape index (κ2) is 8.56. The van der Waals surface area contributed by atoms with Crippen molar-refractivity contribution in [3.05, 3.63) is 64.7 Å². The van der Waals surface area contributed by atoms with Gasteiger partial charge in [0.05, 0.1) is 24.7 Å². The van der Waals surface area contributed by atoms with Gasteiger partial charge in [-0.2, -0.15) is 0 Å². The number of carbonyl (C=O) groups is 5. The summed E-state index contributed by atoms with van der Waals surface area (Å²) in [7, 11) is 2.63. The van der Waals surface area contributed by atoms with Crippen molar-refractivity contribution in [3.63, 3.8) is 0 Å². The number of esters is 1. The van der Waals surface area contributed by atoms with Gasteiger partial charge in [-0.1, -0.05) is 12.1 Å². The van der Waals surface area contributed by atoms with Gasteiger partial charge in [0.1, 0.15) is 6.54 Å². The molecule has 0 radical (unpaired) electrons. The largest absolute Gasteiger partial charge is 0.468 e. The van der Waals surface area contributed by atoms with E-state index in [4.69, 9.17) is 0 Å². The fourth-order valence-electron chi connectivity index (χ4n) is 2.90. The van der Waals surface area contributed by atoms with Crippen LogP contribution in [-0.2, 0) is 20.7 Å². The summed E-state index contributed by atoms with van der Waals surface area (Å²) >= 11 is 0. The van der Waals surface area contributed by atoms with Crippen molar-refractivity contribution in [2.45, 2.75) is 6.42 Å². The molecule has 2 N–H and O–H groups in total. The Kier molecular flexibility index (Phi) is 5.91. The number of hydrogen-bond donors (Lipinski definition) is 2. The Morgan fingerprint density at radius 3 is 2.30 bits per heavy atom. The fraction of sp³-hybridized carbons (Fsp3) is 0.190. The Hall–Kier alpha value is -4.01. The van der Waals surface area contributed by atoms with Gasteiger partial charge in [0.25, 0.3) is 17.7 Å². The van der Waals surface area contributed by atoms with Crippen molar-refractivity contribution in [1.29, 1.82) is 0 Å². The molecule has 0 atom stereocenters. The van der Waals surface area contributed by atoms with E-state index in [1.165, 1.54) is 32.4 Å². The van der Waals surface area contributed by atoms with Crippen LogP contribution in [0.5, 0.6) is 0 Å². The predicted molar refractivity (Wildman–Crippen MR) is 106 cm³/mol. The number of rotatable bonds is 6. The highest BCUT2D eigenvalue weighted by Crippen LogP contribution is 2.23. The normalized spacial score (nSPS) is 12.4. The highest BCUT2D eigenvalue weighted by molar-refractivity contribution is 6.22. The number of imide groups is 1. The van der Waals surface area contributed by atoms with Crippen LogP contribution in [-0.4, -0.2) is 55.2 Å². The smallest absolute Gasteiger partial charge is 0.325 e. The van der Waals surface area contributed by atoms with Crippen molar-refractivity contribution in [2.75, 3.05) is 26.0 Å². The molecule has 154 valence electrons. The van der Waals surface area contributed by atoms with Crippen LogP contribution in [0.2, 0.25) is 0 Å². The van der Waals surface area contributed by atoms with E-state index in [1.807, 2.05) is 0 Å². The van der Waals surface area contributed by atoms with Crippen LogP contribution in [0.3, 0.4) is 0 Å². The molecule has 9 nitrogen and oxygen atoms in total. The topological polar surface area (TPSA) is 122 Å². The van der Waals surface area contributed by atoms with Crippen LogP contribution < -0.4 is 10.6 Å². The number of fused-ring (bicyclic) bond motifs is 1. The maximum Gasteiger partial charge on any atom is 0.325 e. The zero-order chi connectivity index (χ0) is 21.8. The fourth-order valence-corrected chi connectivity index (χ4v) is 2.90. The second-order valence-electron chi connectivity index (χ2n) is 6.61. The summed E-state index contributed by atoms with van der Waals surface area (Å²) in [4.78, 5) is 60.3. The van der Waals surface area contributed by atoms with Gasteiger partial charge in [0.15, 0.2) is 0 Å². The number of hydrogen-bond acceptors (Lipinski definition) is 6. The van der Waals surface area contributed by atoms with E-state index in [0.717, 1.165) is 4.90 Å². The lowest BCUT2D eigenvalue weighted by molar-refractivity contribution is -0.141. The zero-order valence-electron chi connectivity index (χ0n) is 16.4. The van der Waals surface area contributed by atoms with Crippen molar-refractivity contribution in [3.8, 4) is 0 Å². The first-order valence-electron chi connectivity index (χ1n) is 9.00. The lowest BCUT2D eigenvalue weighted by Crippen LogP contribution is -2.31. The summed E-state index contributed by atoms with van der Waals surface area (Å²) in [5.41, 5.74) is 1.91. The molecule has 0 saturated carbocycles. The van der Waals surface area contributed by atoms with Crippen molar-refractivity contribution < 1.29 is 28.7 Å². The molecule has 2 aromatic carbocycles. The number of anilines is 1. The van der Waals surface area contributed by atoms with Gasteiger partial charge in [-0.05, 0) is 35.9 Å². The molecule has 0 aromatic heterocycles. The molecule has 30 heavy (non-hydrogen) atoms. The van der Waals surface area contributed by atoms with E-state index >= 15 is 0 Å². The summed E-state index contributed by atoms with van der Waals surface area (Å²) in [6.07, 6.45) is 0.0691.